The molecular weight excluding hydrogens is 258 g/mol. The number of nitrogens with zero attached hydrogens (tertiary/aromatic N) is 1. The van der Waals surface area contributed by atoms with E-state index in [0.717, 1.165) is 18.6 Å². The summed E-state index contributed by atoms with van der Waals surface area (Å²) in [7, 11) is 0. The number of hydrogen-bond donors (Lipinski definition) is 1. The van der Waals surface area contributed by atoms with Crippen molar-refractivity contribution in [3.05, 3.63) is 0 Å². The van der Waals surface area contributed by atoms with Gasteiger partial charge in [-0.2, -0.15) is 0 Å². The van der Waals surface area contributed by atoms with Crippen LogP contribution < -0.4 is 0 Å². The smallest absolute Gasteiger partial charge is 0.0570 e. The highest BCUT2D eigenvalue weighted by atomic mass is 16.4. The Balaban J connectivity index is 2.18. The lowest BCUT2D eigenvalue weighted by molar-refractivity contribution is 0.315. The van der Waals surface area contributed by atoms with Crippen molar-refractivity contribution in [2.45, 2.75) is 116 Å². The van der Waals surface area contributed by atoms with E-state index in [-0.39, 0.29) is 0 Å². The molecule has 0 amide bonds. The molecule has 1 N–H and O–H groups in total. The fraction of sp³-hybridized carbons (Fsp3) is 0.947. The molecule has 0 aromatic rings. The lowest BCUT2D eigenvalue weighted by Gasteiger charge is -2.05. The molecule has 1 rings (SSSR count). The maximum absolute atomic E-state index is 9.07. The Morgan fingerprint density at radius 2 is 0.667 bits per heavy atom. The molecule has 0 aromatic heterocycles. The average molecular weight is 296 g/mol. The zero-order valence-corrected chi connectivity index (χ0v) is 14.1. The van der Waals surface area contributed by atoms with E-state index in [1.165, 1.54) is 103 Å². The highest BCUT2D eigenvalue weighted by Crippen LogP contribution is 2.16. The van der Waals surface area contributed by atoms with Crippen LogP contribution in [0.2, 0.25) is 0 Å². The topological polar surface area (TPSA) is 32.6 Å². The second kappa shape index (κ2) is 14.4. The molecule has 0 bridgehead atoms. The van der Waals surface area contributed by atoms with Crippen molar-refractivity contribution >= 4 is 5.71 Å². The Labute approximate surface area is 132 Å². The van der Waals surface area contributed by atoms with Crippen molar-refractivity contribution in [3.63, 3.8) is 0 Å². The van der Waals surface area contributed by atoms with E-state index in [2.05, 4.69) is 5.16 Å². The lowest BCUT2D eigenvalue weighted by atomic mass is 10.0. The predicted octanol–water partition coefficient (Wildman–Crippen LogP) is 6.85. The minimum Gasteiger partial charge on any atom is -0.411 e. The number of hydrogen-bond acceptors (Lipinski definition) is 2. The standard InChI is InChI=1S/C19H37NO/c21-20-19-17-15-13-11-9-7-5-3-1-2-4-6-8-10-12-14-16-18-19/h21H,1-18H2. The van der Waals surface area contributed by atoms with E-state index in [1.54, 1.807) is 0 Å². The van der Waals surface area contributed by atoms with Gasteiger partial charge in [-0.15, -0.1) is 0 Å². The summed E-state index contributed by atoms with van der Waals surface area (Å²) in [6.07, 6.45) is 24.1. The SMILES string of the molecule is ON=C1CCCCCCCCCCCCCCCCCC1. The van der Waals surface area contributed by atoms with Crippen molar-refractivity contribution in [1.82, 2.24) is 0 Å². The molecule has 21 heavy (non-hydrogen) atoms. The Bertz CT molecular complexity index is 228. The van der Waals surface area contributed by atoms with Gasteiger partial charge >= 0.3 is 0 Å². The van der Waals surface area contributed by atoms with Crippen molar-refractivity contribution in [3.8, 4) is 0 Å². The molecule has 0 spiro atoms. The van der Waals surface area contributed by atoms with Crippen molar-refractivity contribution in [2.75, 3.05) is 0 Å². The van der Waals surface area contributed by atoms with Crippen molar-refractivity contribution in [2.24, 2.45) is 5.16 Å². The van der Waals surface area contributed by atoms with Crippen molar-refractivity contribution in [1.29, 1.82) is 0 Å². The number of oxime groups is 1. The fourth-order valence-electron chi connectivity index (χ4n) is 3.36. The first-order valence-electron chi connectivity index (χ1n) is 9.63. The van der Waals surface area contributed by atoms with Gasteiger partial charge in [0, 0.05) is 0 Å². The molecule has 1 saturated carbocycles. The van der Waals surface area contributed by atoms with Gasteiger partial charge in [-0.25, -0.2) is 0 Å². The summed E-state index contributed by atoms with van der Waals surface area (Å²) in [5.74, 6) is 0. The van der Waals surface area contributed by atoms with Gasteiger partial charge in [-0.05, 0) is 25.7 Å². The summed E-state index contributed by atoms with van der Waals surface area (Å²) < 4.78 is 0. The van der Waals surface area contributed by atoms with Crippen LogP contribution in [-0.2, 0) is 0 Å². The third kappa shape index (κ3) is 11.8. The van der Waals surface area contributed by atoms with Crippen LogP contribution in [0.5, 0.6) is 0 Å². The van der Waals surface area contributed by atoms with E-state index in [9.17, 15) is 0 Å². The van der Waals surface area contributed by atoms with Gasteiger partial charge in [0.25, 0.3) is 0 Å². The molecule has 1 aliphatic rings. The van der Waals surface area contributed by atoms with Gasteiger partial charge < -0.3 is 5.21 Å². The summed E-state index contributed by atoms with van der Waals surface area (Å²) in [4.78, 5) is 0. The molecule has 0 aliphatic heterocycles. The first kappa shape index (κ1) is 18.5. The van der Waals surface area contributed by atoms with Crippen LogP contribution in [-0.4, -0.2) is 10.9 Å². The summed E-state index contributed by atoms with van der Waals surface area (Å²) in [6.45, 7) is 0. The van der Waals surface area contributed by atoms with E-state index in [0.29, 0.717) is 0 Å². The minimum atomic E-state index is 1.01. The van der Waals surface area contributed by atoms with Crippen molar-refractivity contribution < 1.29 is 5.21 Å². The van der Waals surface area contributed by atoms with Crippen LogP contribution in [0.25, 0.3) is 0 Å². The molecule has 0 unspecified atom stereocenters. The lowest BCUT2D eigenvalue weighted by Crippen LogP contribution is -1.99. The second-order valence-electron chi connectivity index (χ2n) is 6.82. The highest BCUT2D eigenvalue weighted by Gasteiger charge is 2.02. The zero-order valence-electron chi connectivity index (χ0n) is 14.1. The molecule has 2 heteroatoms. The van der Waals surface area contributed by atoms with E-state index in [4.69, 9.17) is 5.21 Å². The molecule has 1 fully saturated rings. The van der Waals surface area contributed by atoms with E-state index in [1.807, 2.05) is 0 Å². The molecule has 0 aromatic carbocycles. The van der Waals surface area contributed by atoms with E-state index >= 15 is 0 Å². The minimum absolute atomic E-state index is 1.01. The quantitative estimate of drug-likeness (QED) is 0.384. The summed E-state index contributed by atoms with van der Waals surface area (Å²) in [6, 6.07) is 0. The molecule has 0 atom stereocenters. The van der Waals surface area contributed by atoms with E-state index < -0.39 is 0 Å². The Morgan fingerprint density at radius 1 is 0.429 bits per heavy atom. The maximum atomic E-state index is 9.07. The van der Waals surface area contributed by atoms with Crippen LogP contribution in [0.15, 0.2) is 5.16 Å². The van der Waals surface area contributed by atoms with Gasteiger partial charge in [0.1, 0.15) is 0 Å². The van der Waals surface area contributed by atoms with Gasteiger partial charge in [-0.1, -0.05) is 95.0 Å². The fourth-order valence-corrected chi connectivity index (χ4v) is 3.36. The largest absolute Gasteiger partial charge is 0.411 e. The van der Waals surface area contributed by atoms with Crippen LogP contribution in [0.4, 0.5) is 0 Å². The van der Waals surface area contributed by atoms with Crippen LogP contribution in [0.3, 0.4) is 0 Å². The molecule has 0 heterocycles. The van der Waals surface area contributed by atoms with Gasteiger partial charge in [0.05, 0.1) is 5.71 Å². The zero-order chi connectivity index (χ0) is 15.0. The molecule has 124 valence electrons. The number of rotatable bonds is 0. The second-order valence-corrected chi connectivity index (χ2v) is 6.82. The molecular formula is C19H37NO. The maximum Gasteiger partial charge on any atom is 0.0570 e. The monoisotopic (exact) mass is 295 g/mol. The molecule has 1 aliphatic carbocycles. The van der Waals surface area contributed by atoms with Crippen LogP contribution in [0.1, 0.15) is 116 Å². The summed E-state index contributed by atoms with van der Waals surface area (Å²) >= 11 is 0. The average Bonchev–Trinajstić information content (AvgIpc) is 2.51. The first-order valence-corrected chi connectivity index (χ1v) is 9.63. The third-order valence-corrected chi connectivity index (χ3v) is 4.82. The highest BCUT2D eigenvalue weighted by molar-refractivity contribution is 5.83. The normalized spacial score (nSPS) is 22.8. The Hall–Kier alpha value is -0.530. The van der Waals surface area contributed by atoms with Gasteiger partial charge in [-0.3, -0.25) is 0 Å². The molecule has 0 saturated heterocycles. The third-order valence-electron chi connectivity index (χ3n) is 4.82. The summed E-state index contributed by atoms with van der Waals surface area (Å²) in [5.41, 5.74) is 1.04. The van der Waals surface area contributed by atoms with Crippen LogP contribution >= 0.6 is 0 Å². The van der Waals surface area contributed by atoms with Gasteiger partial charge in [0.2, 0.25) is 0 Å². The van der Waals surface area contributed by atoms with Crippen LogP contribution in [0, 0.1) is 0 Å². The Kier molecular flexibility index (Phi) is 12.7. The first-order chi connectivity index (χ1) is 10.4. The molecule has 0 radical (unpaired) electrons. The summed E-state index contributed by atoms with van der Waals surface area (Å²) in [5, 5.41) is 12.6. The Morgan fingerprint density at radius 3 is 0.905 bits per heavy atom. The predicted molar refractivity (Wildman–Crippen MR) is 92.3 cm³/mol. The molecule has 2 nitrogen and oxygen atoms in total. The van der Waals surface area contributed by atoms with Gasteiger partial charge in [0.15, 0.2) is 0 Å².